The molecular weight excluding hydrogens is 420 g/mol. The van der Waals surface area contributed by atoms with E-state index in [-0.39, 0.29) is 30.2 Å². The lowest BCUT2D eigenvalue weighted by Crippen LogP contribution is -2.49. The average molecular weight is 443 g/mol. The van der Waals surface area contributed by atoms with Gasteiger partial charge in [0.25, 0.3) is 11.8 Å². The van der Waals surface area contributed by atoms with E-state index in [4.69, 9.17) is 0 Å². The number of rotatable bonds is 5. The van der Waals surface area contributed by atoms with Crippen LogP contribution in [0.25, 0.3) is 0 Å². The number of hydrogen-bond acceptors (Lipinski definition) is 3. The Bertz CT molecular complexity index is 893. The van der Waals surface area contributed by atoms with E-state index in [9.17, 15) is 14.4 Å². The van der Waals surface area contributed by atoms with Crippen molar-refractivity contribution >= 4 is 39.3 Å². The van der Waals surface area contributed by atoms with Gasteiger partial charge in [0.15, 0.2) is 0 Å². The lowest BCUT2D eigenvalue weighted by Gasteiger charge is -2.33. The molecule has 0 saturated carbocycles. The number of halogens is 1. The van der Waals surface area contributed by atoms with E-state index < -0.39 is 6.04 Å². The second-order valence-corrected chi connectivity index (χ2v) is 8.02. The Labute approximate surface area is 173 Å². The lowest BCUT2D eigenvalue weighted by molar-refractivity contribution is -0.122. The Kier molecular flexibility index (Phi) is 5.98. The quantitative estimate of drug-likeness (QED) is 0.647. The molecule has 1 aliphatic heterocycles. The van der Waals surface area contributed by atoms with Crippen LogP contribution >= 0.6 is 15.9 Å². The van der Waals surface area contributed by atoms with Gasteiger partial charge < -0.3 is 4.90 Å². The van der Waals surface area contributed by atoms with Crippen molar-refractivity contribution in [2.75, 3.05) is 4.90 Å². The number of aryl methyl sites for hydroxylation is 1. The number of imide groups is 1. The van der Waals surface area contributed by atoms with Crippen molar-refractivity contribution in [2.24, 2.45) is 0 Å². The molecule has 2 aromatic carbocycles. The summed E-state index contributed by atoms with van der Waals surface area (Å²) < 4.78 is 0.864. The van der Waals surface area contributed by atoms with Gasteiger partial charge in [-0.05, 0) is 56.7 Å². The predicted molar refractivity (Wildman–Crippen MR) is 112 cm³/mol. The summed E-state index contributed by atoms with van der Waals surface area (Å²) in [5, 5.41) is 0. The first-order valence-electron chi connectivity index (χ1n) is 9.35. The summed E-state index contributed by atoms with van der Waals surface area (Å²) in [6.07, 6.45) is 0.685. The number of hydrogen-bond donors (Lipinski definition) is 0. The molecule has 6 heteroatoms. The third-order valence-corrected chi connectivity index (χ3v) is 5.67. The fourth-order valence-corrected chi connectivity index (χ4v) is 3.65. The van der Waals surface area contributed by atoms with E-state index in [0.717, 1.165) is 10.0 Å². The number of nitrogens with zero attached hydrogens (tertiary/aromatic N) is 2. The number of amides is 3. The molecule has 0 bridgehead atoms. The molecule has 1 fully saturated rings. The summed E-state index contributed by atoms with van der Waals surface area (Å²) in [5.41, 5.74) is 2.10. The van der Waals surface area contributed by atoms with Crippen LogP contribution in [0.1, 0.15) is 42.6 Å². The normalized spacial score (nSPS) is 17.7. The van der Waals surface area contributed by atoms with Crippen LogP contribution in [0.3, 0.4) is 0 Å². The van der Waals surface area contributed by atoms with Gasteiger partial charge in [0, 0.05) is 16.1 Å². The Morgan fingerprint density at radius 1 is 1.14 bits per heavy atom. The molecule has 28 heavy (non-hydrogen) atoms. The molecule has 146 valence electrons. The van der Waals surface area contributed by atoms with Crippen molar-refractivity contribution < 1.29 is 14.4 Å². The molecule has 1 saturated heterocycles. The highest BCUT2D eigenvalue weighted by atomic mass is 79.9. The summed E-state index contributed by atoms with van der Waals surface area (Å²) in [5.74, 6) is -0.867. The number of carbonyl (C=O) groups is 3. The number of benzene rings is 2. The summed E-state index contributed by atoms with van der Waals surface area (Å²) in [7, 11) is 0. The number of anilines is 1. The molecule has 3 rings (SSSR count). The van der Waals surface area contributed by atoms with Crippen molar-refractivity contribution in [3.05, 3.63) is 64.1 Å². The minimum absolute atomic E-state index is 0.00314. The van der Waals surface area contributed by atoms with Crippen LogP contribution in [0.4, 0.5) is 5.69 Å². The topological polar surface area (TPSA) is 57.7 Å². The van der Waals surface area contributed by atoms with Crippen LogP contribution in [0.5, 0.6) is 0 Å². The SMILES string of the molecule is CCC(C)N(C(=O)c1ccc(C)cc1)C1CC(=O)N(c2ccc(Br)cc2)C1=O. The molecule has 0 aromatic heterocycles. The summed E-state index contributed by atoms with van der Waals surface area (Å²) in [6, 6.07) is 13.3. The molecule has 1 aliphatic rings. The summed E-state index contributed by atoms with van der Waals surface area (Å²) >= 11 is 3.36. The molecule has 1 heterocycles. The van der Waals surface area contributed by atoms with Gasteiger partial charge in [0.2, 0.25) is 5.91 Å². The van der Waals surface area contributed by atoms with Crippen LogP contribution in [0.2, 0.25) is 0 Å². The monoisotopic (exact) mass is 442 g/mol. The standard InChI is InChI=1S/C22H23BrN2O3/c1-4-15(3)24(21(27)16-7-5-14(2)6-8-16)19-13-20(26)25(22(19)28)18-11-9-17(23)10-12-18/h5-12,15,19H,4,13H2,1-3H3. The first-order valence-corrected chi connectivity index (χ1v) is 10.1. The molecular formula is C22H23BrN2O3. The van der Waals surface area contributed by atoms with Crippen LogP contribution in [-0.4, -0.2) is 34.7 Å². The minimum atomic E-state index is -0.792. The van der Waals surface area contributed by atoms with Gasteiger partial charge in [-0.3, -0.25) is 14.4 Å². The van der Waals surface area contributed by atoms with Crippen molar-refractivity contribution in [1.29, 1.82) is 0 Å². The third kappa shape index (κ3) is 3.87. The minimum Gasteiger partial charge on any atom is -0.323 e. The van der Waals surface area contributed by atoms with Crippen molar-refractivity contribution in [3.63, 3.8) is 0 Å². The van der Waals surface area contributed by atoms with E-state index in [2.05, 4.69) is 15.9 Å². The van der Waals surface area contributed by atoms with Crippen LogP contribution in [0, 0.1) is 6.92 Å². The van der Waals surface area contributed by atoms with E-state index in [0.29, 0.717) is 17.7 Å². The fraction of sp³-hybridized carbons (Fsp3) is 0.318. The molecule has 0 aliphatic carbocycles. The molecule has 2 unspecified atom stereocenters. The van der Waals surface area contributed by atoms with E-state index in [1.807, 2.05) is 32.9 Å². The smallest absolute Gasteiger partial charge is 0.257 e. The third-order valence-electron chi connectivity index (χ3n) is 5.14. The largest absolute Gasteiger partial charge is 0.323 e. The zero-order valence-electron chi connectivity index (χ0n) is 16.2. The van der Waals surface area contributed by atoms with Crippen LogP contribution < -0.4 is 4.90 Å². The highest BCUT2D eigenvalue weighted by molar-refractivity contribution is 9.10. The maximum atomic E-state index is 13.2. The van der Waals surface area contributed by atoms with Gasteiger partial charge in [-0.25, -0.2) is 4.90 Å². The van der Waals surface area contributed by atoms with Gasteiger partial charge in [-0.2, -0.15) is 0 Å². The van der Waals surface area contributed by atoms with Crippen molar-refractivity contribution in [3.8, 4) is 0 Å². The highest BCUT2D eigenvalue weighted by Crippen LogP contribution is 2.29. The predicted octanol–water partition coefficient (Wildman–Crippen LogP) is 4.33. The second-order valence-electron chi connectivity index (χ2n) is 7.10. The van der Waals surface area contributed by atoms with Gasteiger partial charge in [-0.15, -0.1) is 0 Å². The first-order chi connectivity index (χ1) is 13.3. The van der Waals surface area contributed by atoms with Crippen LogP contribution in [0.15, 0.2) is 53.0 Å². The summed E-state index contributed by atoms with van der Waals surface area (Å²) in [6.45, 7) is 5.83. The van der Waals surface area contributed by atoms with Crippen LogP contribution in [-0.2, 0) is 9.59 Å². The molecule has 3 amide bonds. The Morgan fingerprint density at radius 2 is 1.75 bits per heavy atom. The lowest BCUT2D eigenvalue weighted by atomic mass is 10.1. The van der Waals surface area contributed by atoms with E-state index in [1.54, 1.807) is 41.3 Å². The Hall–Kier alpha value is -2.47. The zero-order valence-corrected chi connectivity index (χ0v) is 17.8. The zero-order chi connectivity index (χ0) is 20.4. The van der Waals surface area contributed by atoms with Gasteiger partial charge in [0.1, 0.15) is 6.04 Å². The van der Waals surface area contributed by atoms with Gasteiger partial charge >= 0.3 is 0 Å². The maximum Gasteiger partial charge on any atom is 0.257 e. The maximum absolute atomic E-state index is 13.2. The van der Waals surface area contributed by atoms with E-state index in [1.165, 1.54) is 4.90 Å². The second kappa shape index (κ2) is 8.27. The molecule has 2 aromatic rings. The van der Waals surface area contributed by atoms with E-state index >= 15 is 0 Å². The molecule has 0 spiro atoms. The summed E-state index contributed by atoms with van der Waals surface area (Å²) in [4.78, 5) is 41.8. The van der Waals surface area contributed by atoms with Crippen molar-refractivity contribution in [1.82, 2.24) is 4.90 Å². The molecule has 2 atom stereocenters. The average Bonchev–Trinajstić information content (AvgIpc) is 2.97. The highest BCUT2D eigenvalue weighted by Gasteiger charge is 2.45. The molecule has 5 nitrogen and oxygen atoms in total. The Morgan fingerprint density at radius 3 is 2.32 bits per heavy atom. The first kappa shape index (κ1) is 20.3. The number of carbonyl (C=O) groups excluding carboxylic acids is 3. The van der Waals surface area contributed by atoms with Crippen molar-refractivity contribution in [2.45, 2.75) is 45.7 Å². The fourth-order valence-electron chi connectivity index (χ4n) is 3.39. The van der Waals surface area contributed by atoms with Gasteiger partial charge in [0.05, 0.1) is 12.1 Å². The Balaban J connectivity index is 1.93. The molecule has 0 N–H and O–H groups in total. The molecule has 0 radical (unpaired) electrons. The van der Waals surface area contributed by atoms with Gasteiger partial charge in [-0.1, -0.05) is 40.5 Å².